The standard InChI is InChI=1S/C14H20N2O3S/c1-11(17)15-16-20(18,19)14-9-7-13(8-10-14)12-5-3-2-4-6-12/h7-10,12,16H,2-6H2,1H3,(H,15,17). The van der Waals surface area contributed by atoms with Crippen LogP contribution in [0.15, 0.2) is 29.2 Å². The average molecular weight is 296 g/mol. The summed E-state index contributed by atoms with van der Waals surface area (Å²) in [6.45, 7) is 1.24. The molecule has 110 valence electrons. The summed E-state index contributed by atoms with van der Waals surface area (Å²) in [5.41, 5.74) is 3.28. The van der Waals surface area contributed by atoms with Crippen LogP contribution >= 0.6 is 0 Å². The number of nitrogens with one attached hydrogen (secondary N) is 2. The van der Waals surface area contributed by atoms with E-state index in [4.69, 9.17) is 0 Å². The van der Waals surface area contributed by atoms with Gasteiger partial charge in [0, 0.05) is 6.92 Å². The number of rotatable bonds is 4. The third kappa shape index (κ3) is 3.80. The first-order valence-electron chi connectivity index (χ1n) is 6.87. The Bertz CT molecular complexity index is 561. The van der Waals surface area contributed by atoms with Crippen molar-refractivity contribution in [2.75, 3.05) is 0 Å². The number of carbonyl (C=O) groups excluding carboxylic acids is 1. The summed E-state index contributed by atoms with van der Waals surface area (Å²) >= 11 is 0. The number of amides is 1. The van der Waals surface area contributed by atoms with Gasteiger partial charge in [0.1, 0.15) is 0 Å². The minimum atomic E-state index is -3.68. The Morgan fingerprint density at radius 2 is 1.70 bits per heavy atom. The molecule has 6 heteroatoms. The van der Waals surface area contributed by atoms with E-state index in [0.717, 1.165) is 0 Å². The van der Waals surface area contributed by atoms with Crippen LogP contribution in [0, 0.1) is 0 Å². The van der Waals surface area contributed by atoms with Crippen LogP contribution in [0.25, 0.3) is 0 Å². The van der Waals surface area contributed by atoms with E-state index in [9.17, 15) is 13.2 Å². The van der Waals surface area contributed by atoms with Crippen molar-refractivity contribution in [1.82, 2.24) is 10.3 Å². The lowest BCUT2D eigenvalue weighted by Gasteiger charge is -2.22. The lowest BCUT2D eigenvalue weighted by atomic mass is 9.84. The van der Waals surface area contributed by atoms with E-state index >= 15 is 0 Å². The van der Waals surface area contributed by atoms with E-state index in [2.05, 4.69) is 5.43 Å². The molecule has 0 bridgehead atoms. The molecule has 0 unspecified atom stereocenters. The number of carbonyl (C=O) groups is 1. The van der Waals surface area contributed by atoms with Gasteiger partial charge in [-0.15, -0.1) is 4.83 Å². The first kappa shape index (κ1) is 15.0. The van der Waals surface area contributed by atoms with Gasteiger partial charge < -0.3 is 0 Å². The highest BCUT2D eigenvalue weighted by Crippen LogP contribution is 2.32. The van der Waals surface area contributed by atoms with Gasteiger partial charge in [-0.1, -0.05) is 31.4 Å². The van der Waals surface area contributed by atoms with Crippen LogP contribution in [0.5, 0.6) is 0 Å². The maximum atomic E-state index is 11.9. The van der Waals surface area contributed by atoms with Crippen molar-refractivity contribution in [3.05, 3.63) is 29.8 Å². The van der Waals surface area contributed by atoms with Crippen molar-refractivity contribution in [3.63, 3.8) is 0 Å². The highest BCUT2D eigenvalue weighted by molar-refractivity contribution is 7.89. The Morgan fingerprint density at radius 3 is 2.25 bits per heavy atom. The third-order valence-electron chi connectivity index (χ3n) is 3.63. The molecule has 0 spiro atoms. The maximum absolute atomic E-state index is 11.9. The fourth-order valence-electron chi connectivity index (χ4n) is 2.55. The summed E-state index contributed by atoms with van der Waals surface area (Å²) in [6.07, 6.45) is 6.14. The van der Waals surface area contributed by atoms with Crippen molar-refractivity contribution >= 4 is 15.9 Å². The van der Waals surface area contributed by atoms with E-state index in [1.54, 1.807) is 12.1 Å². The summed E-state index contributed by atoms with van der Waals surface area (Å²) in [6, 6.07) is 6.93. The first-order chi connectivity index (χ1) is 9.49. The summed E-state index contributed by atoms with van der Waals surface area (Å²) in [5, 5.41) is 0. The molecule has 0 saturated heterocycles. The second-order valence-corrected chi connectivity index (χ2v) is 6.87. The summed E-state index contributed by atoms with van der Waals surface area (Å²) in [5.74, 6) is 0.0937. The number of sulfonamides is 1. The second-order valence-electron chi connectivity index (χ2n) is 5.19. The van der Waals surface area contributed by atoms with Crippen LogP contribution < -0.4 is 10.3 Å². The number of hydrazine groups is 1. The molecule has 0 aliphatic heterocycles. The van der Waals surface area contributed by atoms with Crippen LogP contribution in [-0.2, 0) is 14.8 Å². The molecule has 0 aromatic heterocycles. The summed E-state index contributed by atoms with van der Waals surface area (Å²) < 4.78 is 23.8. The predicted molar refractivity (Wildman–Crippen MR) is 76.4 cm³/mol. The monoisotopic (exact) mass is 296 g/mol. The van der Waals surface area contributed by atoms with Gasteiger partial charge >= 0.3 is 0 Å². The Balaban J connectivity index is 2.09. The molecule has 0 heterocycles. The normalized spacial score (nSPS) is 16.9. The Hall–Kier alpha value is -1.40. The Kier molecular flexibility index (Phi) is 4.77. The van der Waals surface area contributed by atoms with Gasteiger partial charge in [-0.3, -0.25) is 10.2 Å². The van der Waals surface area contributed by atoms with E-state index < -0.39 is 15.9 Å². The van der Waals surface area contributed by atoms with E-state index in [-0.39, 0.29) is 4.90 Å². The molecule has 1 aliphatic carbocycles. The number of hydrogen-bond acceptors (Lipinski definition) is 3. The molecule has 2 N–H and O–H groups in total. The predicted octanol–water partition coefficient (Wildman–Crippen LogP) is 2.06. The fraction of sp³-hybridized carbons (Fsp3) is 0.500. The SMILES string of the molecule is CC(=O)NNS(=O)(=O)c1ccc(C2CCCCC2)cc1. The van der Waals surface area contributed by atoms with Gasteiger partial charge in [-0.25, -0.2) is 8.42 Å². The molecular weight excluding hydrogens is 276 g/mol. The van der Waals surface area contributed by atoms with Crippen LogP contribution in [0.2, 0.25) is 0 Å². The highest BCUT2D eigenvalue weighted by atomic mass is 32.2. The van der Waals surface area contributed by atoms with Crippen LogP contribution in [0.1, 0.15) is 50.5 Å². The van der Waals surface area contributed by atoms with Crippen molar-refractivity contribution in [1.29, 1.82) is 0 Å². The smallest absolute Gasteiger partial charge is 0.257 e. The molecule has 1 fully saturated rings. The van der Waals surface area contributed by atoms with Gasteiger partial charge in [0.15, 0.2) is 0 Å². The number of hydrogen-bond donors (Lipinski definition) is 2. The molecule has 5 nitrogen and oxygen atoms in total. The zero-order valence-corrected chi connectivity index (χ0v) is 12.4. The largest absolute Gasteiger partial charge is 0.278 e. The lowest BCUT2D eigenvalue weighted by molar-refractivity contribution is -0.119. The molecule has 1 aromatic rings. The molecule has 1 amide bonds. The van der Waals surface area contributed by atoms with Crippen LogP contribution in [0.4, 0.5) is 0 Å². The molecule has 1 aliphatic rings. The van der Waals surface area contributed by atoms with E-state index in [1.807, 2.05) is 17.0 Å². The van der Waals surface area contributed by atoms with Gasteiger partial charge in [-0.05, 0) is 36.5 Å². The lowest BCUT2D eigenvalue weighted by Crippen LogP contribution is -2.40. The minimum Gasteiger partial charge on any atom is -0.278 e. The fourth-order valence-corrected chi connectivity index (χ4v) is 3.44. The number of benzene rings is 1. The van der Waals surface area contributed by atoms with Crippen molar-refractivity contribution in [3.8, 4) is 0 Å². The van der Waals surface area contributed by atoms with Gasteiger partial charge in [0.25, 0.3) is 10.0 Å². The zero-order valence-electron chi connectivity index (χ0n) is 11.6. The van der Waals surface area contributed by atoms with Crippen molar-refractivity contribution in [2.45, 2.75) is 49.8 Å². The van der Waals surface area contributed by atoms with Gasteiger partial charge in [0.2, 0.25) is 5.91 Å². The quantitative estimate of drug-likeness (QED) is 0.835. The van der Waals surface area contributed by atoms with Crippen LogP contribution in [-0.4, -0.2) is 14.3 Å². The Morgan fingerprint density at radius 1 is 1.10 bits per heavy atom. The van der Waals surface area contributed by atoms with Gasteiger partial charge in [-0.2, -0.15) is 0 Å². The first-order valence-corrected chi connectivity index (χ1v) is 8.36. The molecule has 0 radical (unpaired) electrons. The molecule has 1 aromatic carbocycles. The minimum absolute atomic E-state index is 0.158. The average Bonchev–Trinajstić information content (AvgIpc) is 2.46. The third-order valence-corrected chi connectivity index (χ3v) is 4.89. The molecular formula is C14H20N2O3S. The summed E-state index contributed by atoms with van der Waals surface area (Å²) in [4.78, 5) is 12.9. The molecule has 1 saturated carbocycles. The van der Waals surface area contributed by atoms with E-state index in [0.29, 0.717) is 5.92 Å². The molecule has 20 heavy (non-hydrogen) atoms. The topological polar surface area (TPSA) is 75.3 Å². The summed E-state index contributed by atoms with van der Waals surface area (Å²) in [7, 11) is -3.68. The molecule has 2 rings (SSSR count). The van der Waals surface area contributed by atoms with Crippen molar-refractivity contribution < 1.29 is 13.2 Å². The van der Waals surface area contributed by atoms with E-state index in [1.165, 1.54) is 44.6 Å². The second kappa shape index (κ2) is 6.37. The molecule has 0 atom stereocenters. The Labute approximate surface area is 119 Å². The highest BCUT2D eigenvalue weighted by Gasteiger charge is 2.18. The van der Waals surface area contributed by atoms with Gasteiger partial charge in [0.05, 0.1) is 4.90 Å². The van der Waals surface area contributed by atoms with Crippen LogP contribution in [0.3, 0.4) is 0 Å². The zero-order chi connectivity index (χ0) is 14.6. The maximum Gasteiger partial charge on any atom is 0.257 e. The van der Waals surface area contributed by atoms with Crippen molar-refractivity contribution in [2.24, 2.45) is 0 Å².